The van der Waals surface area contributed by atoms with Crippen molar-refractivity contribution in [2.75, 3.05) is 75.1 Å². The highest BCUT2D eigenvalue weighted by Crippen LogP contribution is 2.35. The number of hydrogen-bond acceptors (Lipinski definition) is 23. The molecule has 32 nitrogen and oxygen atoms in total. The molecule has 514 valence electrons. The van der Waals surface area contributed by atoms with Crippen molar-refractivity contribution in [2.24, 2.45) is 7.05 Å². The molecule has 0 bridgehead atoms. The number of nitrogens with one attached hydrogen (secondary N) is 5. The topological polar surface area (TPSA) is 422 Å². The second-order valence-corrected chi connectivity index (χ2v) is 24.5. The van der Waals surface area contributed by atoms with Gasteiger partial charge in [0.05, 0.1) is 72.8 Å². The van der Waals surface area contributed by atoms with Crippen LogP contribution in [-0.4, -0.2) is 174 Å². The SMILES string of the molecule is CC(C)OC(=O)c1cc(-n2c(=O)cc(C(F)(F)F)n(C)c2=O)ccc1Cl.CC1COc2ccccc2N1C(=O)C(Cl)Cl.CCNc1nc(Cl)nc(NC(C)C)n1.COc1cc(OC)nc(NC(=O)NS(=O)(=O)c2ncccc2C(=O)N(C)C)n1.O=C(O)CNCP(=O)(O)O. The van der Waals surface area contributed by atoms with E-state index in [-0.39, 0.29) is 62.8 Å². The lowest BCUT2D eigenvalue weighted by Crippen LogP contribution is -2.47. The van der Waals surface area contributed by atoms with E-state index < -0.39 is 93.4 Å². The highest BCUT2D eigenvalue weighted by atomic mass is 35.5. The number of urea groups is 1. The summed E-state index contributed by atoms with van der Waals surface area (Å²) in [5.74, 6) is -1.23. The molecular formula is C53H65Cl4F3N15O17PS. The van der Waals surface area contributed by atoms with Crippen LogP contribution >= 0.6 is 54.0 Å². The summed E-state index contributed by atoms with van der Waals surface area (Å²) in [4.78, 5) is 124. The number of aromatic nitrogens is 8. The van der Waals surface area contributed by atoms with Crippen molar-refractivity contribution in [1.82, 2.24) is 54.0 Å². The van der Waals surface area contributed by atoms with Crippen molar-refractivity contribution in [3.63, 3.8) is 0 Å². The van der Waals surface area contributed by atoms with E-state index in [9.17, 15) is 59.7 Å². The molecular weight excluding hydrogens is 1380 g/mol. The molecule has 5 heterocycles. The first kappa shape index (κ1) is 79.8. The average molecular weight is 1450 g/mol. The number of methoxy groups -OCH3 is 2. The molecule has 41 heteroatoms. The standard InChI is InChI=1S/C16H14ClF3N2O4.C15H18N6O6S.C11H11Cl2NO2.C8H14ClN5.C3H8NO5P/c1-8(2)26-14(24)10-6-9(4-5-11(10)17)22-13(23)7-12(16(18,19)20)21(3)15(22)25;1-21(2)13(22)9-6-5-7-16-12(9)28(24,25)20-15(23)19-14-17-10(26-3)8-11(18-14)27-4;1-7-6-16-9-5-3-2-4-8(9)14(7)11(15)10(12)13;1-4-10-7-12-6(9)13-8(14-7)11-5(2)3;5-3(6)1-4-2-10(7,8)9/h4-8H,1-3H3;5-8H,1-4H3,(H2,17,18,19,20,23);2-5,7,10H,6H2,1H3;5H,4H2,1-3H3,(H2,10,11,12,13,14);4H,1-2H2,(H,5,6)(H2,7,8,9). The number of alkyl halides is 5. The van der Waals surface area contributed by atoms with Crippen LogP contribution in [0.4, 0.5) is 41.5 Å². The fourth-order valence-corrected chi connectivity index (χ4v) is 9.16. The number of carbonyl (C=O) groups excluding carboxylic acids is 4. The molecule has 2 aromatic carbocycles. The fraction of sp³-hybridized carbons (Fsp3) is 0.377. The van der Waals surface area contributed by atoms with Gasteiger partial charge in [0.2, 0.25) is 34.9 Å². The van der Waals surface area contributed by atoms with Crippen LogP contribution in [0.15, 0.2) is 87.5 Å². The normalized spacial score (nSPS) is 12.5. The van der Waals surface area contributed by atoms with Gasteiger partial charge in [0, 0.05) is 46.0 Å². The van der Waals surface area contributed by atoms with Crippen LogP contribution in [0.25, 0.3) is 5.69 Å². The molecule has 0 saturated heterocycles. The van der Waals surface area contributed by atoms with Crippen LogP contribution < -0.4 is 56.3 Å². The van der Waals surface area contributed by atoms with Gasteiger partial charge >= 0.3 is 37.4 Å². The van der Waals surface area contributed by atoms with E-state index in [1.54, 1.807) is 23.5 Å². The van der Waals surface area contributed by atoms with Crippen LogP contribution in [0.3, 0.4) is 0 Å². The smallest absolute Gasteiger partial charge is 0.431 e. The monoisotopic (exact) mass is 1440 g/mol. The number of ether oxygens (including phenoxy) is 4. The Bertz CT molecular complexity index is 3910. The number of pyridine rings is 1. The highest BCUT2D eigenvalue weighted by molar-refractivity contribution is 7.90. The predicted octanol–water partition coefficient (Wildman–Crippen LogP) is 6.05. The molecule has 1 aliphatic rings. The molecule has 94 heavy (non-hydrogen) atoms. The average Bonchev–Trinajstić information content (AvgIpc) is 0.785. The molecule has 0 radical (unpaired) electrons. The van der Waals surface area contributed by atoms with E-state index in [0.29, 0.717) is 39.5 Å². The second kappa shape index (κ2) is 36.3. The van der Waals surface area contributed by atoms with Gasteiger partial charge in [-0.3, -0.25) is 38.9 Å². The number of carboxylic acid groups (broad SMARTS) is 1. The quantitative estimate of drug-likeness (QED) is 0.0276. The van der Waals surface area contributed by atoms with Gasteiger partial charge in [-0.2, -0.15) is 46.5 Å². The highest BCUT2D eigenvalue weighted by Gasteiger charge is 2.36. The van der Waals surface area contributed by atoms with Gasteiger partial charge in [-0.25, -0.2) is 28.7 Å². The molecule has 0 fully saturated rings. The number of aliphatic carboxylic acids is 1. The van der Waals surface area contributed by atoms with Crippen LogP contribution in [-0.2, 0) is 42.1 Å². The van der Waals surface area contributed by atoms with Crippen molar-refractivity contribution in [2.45, 2.75) is 75.8 Å². The summed E-state index contributed by atoms with van der Waals surface area (Å²) in [6.45, 7) is 11.9. The molecule has 0 spiro atoms. The van der Waals surface area contributed by atoms with Gasteiger partial charge in [-0.15, -0.1) is 0 Å². The molecule has 8 N–H and O–H groups in total. The summed E-state index contributed by atoms with van der Waals surface area (Å²) < 4.78 is 96.8. The lowest BCUT2D eigenvalue weighted by atomic mass is 10.1. The van der Waals surface area contributed by atoms with Crippen LogP contribution in [0.5, 0.6) is 17.5 Å². The molecule has 4 amide bonds. The van der Waals surface area contributed by atoms with Crippen LogP contribution in [0, 0.1) is 0 Å². The lowest BCUT2D eigenvalue weighted by molar-refractivity contribution is -0.144. The van der Waals surface area contributed by atoms with Gasteiger partial charge in [0.1, 0.15) is 18.1 Å². The fourth-order valence-electron chi connectivity index (χ4n) is 7.16. The number of carboxylic acids is 1. The van der Waals surface area contributed by atoms with E-state index in [0.717, 1.165) is 25.3 Å². The van der Waals surface area contributed by atoms with E-state index in [1.165, 1.54) is 69.7 Å². The zero-order chi connectivity index (χ0) is 71.2. The Labute approximate surface area is 554 Å². The summed E-state index contributed by atoms with van der Waals surface area (Å²) in [7, 11) is -2.05. The van der Waals surface area contributed by atoms with E-state index in [4.69, 9.17) is 80.2 Å². The minimum atomic E-state index is -4.86. The number of fused-ring (bicyclic) bond motifs is 1. The summed E-state index contributed by atoms with van der Waals surface area (Å²) in [5.41, 5.74) is -3.47. The Hall–Kier alpha value is -8.48. The van der Waals surface area contributed by atoms with Gasteiger partial charge in [0.15, 0.2) is 9.86 Å². The summed E-state index contributed by atoms with van der Waals surface area (Å²) in [6.07, 6.45) is -4.71. The van der Waals surface area contributed by atoms with Gasteiger partial charge in [-0.05, 0) is 95.6 Å². The Morgan fingerprint density at radius 3 is 2.03 bits per heavy atom. The lowest BCUT2D eigenvalue weighted by Gasteiger charge is -2.35. The van der Waals surface area contributed by atoms with Crippen LogP contribution in [0.1, 0.15) is 68.0 Å². The number of carbonyl (C=O) groups is 5. The Balaban J connectivity index is 0.000000321. The van der Waals surface area contributed by atoms with E-state index in [2.05, 4.69) is 51.2 Å². The van der Waals surface area contributed by atoms with Crippen molar-refractivity contribution in [3.05, 3.63) is 121 Å². The van der Waals surface area contributed by atoms with Gasteiger partial charge in [0.25, 0.3) is 27.4 Å². The minimum Gasteiger partial charge on any atom is -0.489 e. The van der Waals surface area contributed by atoms with E-state index in [1.807, 2.05) is 52.0 Å². The van der Waals surface area contributed by atoms with Gasteiger partial charge in [-0.1, -0.05) is 46.9 Å². The number of sulfonamides is 1. The number of hydrogen-bond donors (Lipinski definition) is 8. The zero-order valence-electron chi connectivity index (χ0n) is 51.6. The molecule has 7 rings (SSSR count). The van der Waals surface area contributed by atoms with E-state index >= 15 is 0 Å². The second-order valence-electron chi connectivity index (χ2n) is 19.4. The Morgan fingerprint density at radius 1 is 0.872 bits per heavy atom. The molecule has 0 saturated carbocycles. The maximum Gasteiger partial charge on any atom is 0.431 e. The maximum atomic E-state index is 12.9. The third-order valence-corrected chi connectivity index (χ3v) is 13.8. The maximum absolute atomic E-state index is 12.9. The minimum absolute atomic E-state index is 0.0104. The summed E-state index contributed by atoms with van der Waals surface area (Å²) in [5, 5.41) is 17.9. The van der Waals surface area contributed by atoms with Crippen molar-refractivity contribution < 1.29 is 84.0 Å². The number of esters is 1. The largest absolute Gasteiger partial charge is 0.489 e. The Morgan fingerprint density at radius 2 is 1.49 bits per heavy atom. The third kappa shape index (κ3) is 25.1. The molecule has 6 aromatic rings. The van der Waals surface area contributed by atoms with Crippen molar-refractivity contribution >= 4 is 117 Å². The van der Waals surface area contributed by atoms with Crippen molar-refractivity contribution in [3.8, 4) is 23.2 Å². The zero-order valence-corrected chi connectivity index (χ0v) is 56.3. The molecule has 1 atom stereocenters. The van der Waals surface area contributed by atoms with Gasteiger partial charge < -0.3 is 54.3 Å². The number of benzene rings is 2. The number of halogens is 7. The number of anilines is 4. The molecule has 4 aromatic heterocycles. The molecule has 1 unspecified atom stereocenters. The number of rotatable bonds is 18. The predicted molar refractivity (Wildman–Crippen MR) is 339 cm³/mol. The third-order valence-electron chi connectivity index (χ3n) is 11.0. The van der Waals surface area contributed by atoms with Crippen molar-refractivity contribution in [1.29, 1.82) is 0 Å². The number of amides is 4. The molecule has 1 aliphatic heterocycles. The first-order valence-electron chi connectivity index (χ1n) is 26.9. The summed E-state index contributed by atoms with van der Waals surface area (Å²) in [6, 6.07) is 14.4. The molecule has 0 aliphatic carbocycles. The number of para-hydroxylation sites is 2. The first-order valence-corrected chi connectivity index (χ1v) is 31.8. The summed E-state index contributed by atoms with van der Waals surface area (Å²) >= 11 is 22.9. The number of nitrogens with zero attached hydrogens (tertiary/aromatic N) is 10. The van der Waals surface area contributed by atoms with Crippen LogP contribution in [0.2, 0.25) is 10.3 Å². The first-order chi connectivity index (χ1) is 43.7. The Kier molecular flexibility index (Phi) is 30.8.